The van der Waals surface area contributed by atoms with Crippen LogP contribution in [0.4, 0.5) is 5.82 Å². The monoisotopic (exact) mass is 315 g/mol. The van der Waals surface area contributed by atoms with E-state index in [2.05, 4.69) is 38.5 Å². The van der Waals surface area contributed by atoms with Crippen LogP contribution in [0.2, 0.25) is 0 Å². The van der Waals surface area contributed by atoms with E-state index in [4.69, 9.17) is 0 Å². The van der Waals surface area contributed by atoms with Gasteiger partial charge in [0, 0.05) is 50.5 Å². The normalized spacial score (nSPS) is 28.7. The third-order valence-electron chi connectivity index (χ3n) is 6.10. The van der Waals surface area contributed by atoms with Gasteiger partial charge in [-0.15, -0.1) is 0 Å². The van der Waals surface area contributed by atoms with E-state index >= 15 is 0 Å². The lowest BCUT2D eigenvalue weighted by Gasteiger charge is -2.25. The van der Waals surface area contributed by atoms with Gasteiger partial charge in [0.25, 0.3) is 0 Å². The summed E-state index contributed by atoms with van der Waals surface area (Å²) in [4.78, 5) is 16.7. The summed E-state index contributed by atoms with van der Waals surface area (Å²) < 4.78 is 0. The van der Waals surface area contributed by atoms with Gasteiger partial charge in [0.2, 0.25) is 0 Å². The Morgan fingerprint density at radius 3 is 2.26 bits per heavy atom. The quantitative estimate of drug-likeness (QED) is 0.842. The second kappa shape index (κ2) is 6.36. The molecule has 2 unspecified atom stereocenters. The summed E-state index contributed by atoms with van der Waals surface area (Å²) >= 11 is 0. The molecule has 0 saturated carbocycles. The van der Waals surface area contributed by atoms with E-state index in [1.165, 1.54) is 70.8 Å². The first-order valence-corrected chi connectivity index (χ1v) is 9.18. The van der Waals surface area contributed by atoms with Crippen molar-refractivity contribution in [2.24, 2.45) is 11.8 Å². The Balaban J connectivity index is 1.32. The van der Waals surface area contributed by atoms with Gasteiger partial charge in [0.15, 0.2) is 0 Å². The highest BCUT2D eigenvalue weighted by Gasteiger charge is 2.40. The van der Waals surface area contributed by atoms with Gasteiger partial charge in [-0.25, -0.2) is 9.97 Å². The maximum Gasteiger partial charge on any atom is 0.135 e. The molecule has 3 aliphatic rings. The van der Waals surface area contributed by atoms with Crippen LogP contribution in [-0.2, 0) is 0 Å². The Bertz CT molecular complexity index is 540. The summed E-state index contributed by atoms with van der Waals surface area (Å²) in [7, 11) is 0. The summed E-state index contributed by atoms with van der Waals surface area (Å²) in [6.07, 6.45) is 4.52. The molecule has 0 bridgehead atoms. The van der Waals surface area contributed by atoms with E-state index in [1.807, 2.05) is 0 Å². The van der Waals surface area contributed by atoms with Gasteiger partial charge in [-0.2, -0.15) is 0 Å². The van der Waals surface area contributed by atoms with E-state index in [9.17, 15) is 0 Å². The first kappa shape index (κ1) is 15.3. The summed E-state index contributed by atoms with van der Waals surface area (Å²) in [5.74, 6) is 2.81. The van der Waals surface area contributed by atoms with Crippen LogP contribution in [0.15, 0.2) is 6.33 Å². The largest absolute Gasteiger partial charge is 0.356 e. The zero-order valence-corrected chi connectivity index (χ0v) is 14.5. The van der Waals surface area contributed by atoms with Crippen LogP contribution in [0, 0.1) is 25.7 Å². The smallest absolute Gasteiger partial charge is 0.135 e. The molecule has 2 atom stereocenters. The third kappa shape index (κ3) is 3.09. The Hall–Kier alpha value is -1.20. The summed E-state index contributed by atoms with van der Waals surface area (Å²) in [5.41, 5.74) is 2.36. The molecule has 3 fully saturated rings. The van der Waals surface area contributed by atoms with Crippen LogP contribution in [-0.4, -0.2) is 72.1 Å². The Morgan fingerprint density at radius 2 is 1.57 bits per heavy atom. The standard InChI is InChI=1S/C18H29N5/c1-14-15(2)19-13-20-18(14)23-11-16-9-22(10-17(16)12-23)8-7-21-5-3-4-6-21/h13,16-17H,3-12H2,1-2H3. The zero-order valence-electron chi connectivity index (χ0n) is 14.5. The molecule has 0 aromatic carbocycles. The second-order valence-corrected chi connectivity index (χ2v) is 7.64. The Labute approximate surface area is 139 Å². The van der Waals surface area contributed by atoms with E-state index in [0.29, 0.717) is 0 Å². The summed E-state index contributed by atoms with van der Waals surface area (Å²) in [6, 6.07) is 0. The lowest BCUT2D eigenvalue weighted by molar-refractivity contribution is 0.248. The van der Waals surface area contributed by atoms with Crippen molar-refractivity contribution in [3.8, 4) is 0 Å². The van der Waals surface area contributed by atoms with E-state index in [-0.39, 0.29) is 0 Å². The number of anilines is 1. The molecule has 0 aliphatic carbocycles. The van der Waals surface area contributed by atoms with Crippen LogP contribution >= 0.6 is 0 Å². The molecule has 1 aromatic rings. The molecule has 0 radical (unpaired) electrons. The van der Waals surface area contributed by atoms with E-state index < -0.39 is 0 Å². The average molecular weight is 315 g/mol. The van der Waals surface area contributed by atoms with Crippen molar-refractivity contribution in [1.82, 2.24) is 19.8 Å². The lowest BCUT2D eigenvalue weighted by atomic mass is 10.0. The molecule has 4 heterocycles. The fraction of sp³-hybridized carbons (Fsp3) is 0.778. The fourth-order valence-electron chi connectivity index (χ4n) is 4.58. The van der Waals surface area contributed by atoms with Gasteiger partial charge < -0.3 is 14.7 Å². The van der Waals surface area contributed by atoms with Crippen LogP contribution in [0.5, 0.6) is 0 Å². The number of rotatable bonds is 4. The molecule has 1 aromatic heterocycles. The molecule has 0 spiro atoms. The zero-order chi connectivity index (χ0) is 15.8. The number of hydrogen-bond acceptors (Lipinski definition) is 5. The highest BCUT2D eigenvalue weighted by Crippen LogP contribution is 2.34. The molecular weight excluding hydrogens is 286 g/mol. The Morgan fingerprint density at radius 1 is 0.913 bits per heavy atom. The molecule has 0 amide bonds. The summed E-state index contributed by atoms with van der Waals surface area (Å²) in [6.45, 7) is 14.3. The van der Waals surface area contributed by atoms with Gasteiger partial charge in [-0.05, 0) is 51.6 Å². The van der Waals surface area contributed by atoms with Crippen LogP contribution < -0.4 is 4.90 Å². The van der Waals surface area contributed by atoms with E-state index in [0.717, 1.165) is 23.3 Å². The maximum absolute atomic E-state index is 4.55. The SMILES string of the molecule is Cc1ncnc(N2CC3CN(CCN4CCCC4)CC3C2)c1C. The number of fused-ring (bicyclic) bond motifs is 1. The summed E-state index contributed by atoms with van der Waals surface area (Å²) in [5, 5.41) is 0. The highest BCUT2D eigenvalue weighted by molar-refractivity contribution is 5.48. The highest BCUT2D eigenvalue weighted by atomic mass is 15.3. The van der Waals surface area contributed by atoms with Gasteiger partial charge >= 0.3 is 0 Å². The number of nitrogens with zero attached hydrogens (tertiary/aromatic N) is 5. The van der Waals surface area contributed by atoms with Crippen molar-refractivity contribution in [3.05, 3.63) is 17.6 Å². The molecule has 126 valence electrons. The molecule has 5 nitrogen and oxygen atoms in total. The second-order valence-electron chi connectivity index (χ2n) is 7.64. The third-order valence-corrected chi connectivity index (χ3v) is 6.10. The molecule has 3 saturated heterocycles. The van der Waals surface area contributed by atoms with Crippen molar-refractivity contribution < 1.29 is 0 Å². The minimum atomic E-state index is 0.822. The number of aromatic nitrogens is 2. The van der Waals surface area contributed by atoms with Crippen molar-refractivity contribution in [2.75, 3.05) is 57.3 Å². The van der Waals surface area contributed by atoms with Crippen LogP contribution in [0.3, 0.4) is 0 Å². The first-order valence-electron chi connectivity index (χ1n) is 9.18. The Kier molecular flexibility index (Phi) is 4.24. The molecular formula is C18H29N5. The van der Waals surface area contributed by atoms with Gasteiger partial charge in [0.05, 0.1) is 0 Å². The molecule has 23 heavy (non-hydrogen) atoms. The number of hydrogen-bond donors (Lipinski definition) is 0. The number of likely N-dealkylation sites (tertiary alicyclic amines) is 2. The van der Waals surface area contributed by atoms with Gasteiger partial charge in [-0.3, -0.25) is 0 Å². The topological polar surface area (TPSA) is 35.5 Å². The predicted molar refractivity (Wildman–Crippen MR) is 92.8 cm³/mol. The van der Waals surface area contributed by atoms with Crippen molar-refractivity contribution >= 4 is 5.82 Å². The minimum Gasteiger partial charge on any atom is -0.356 e. The first-order chi connectivity index (χ1) is 11.2. The van der Waals surface area contributed by atoms with Crippen molar-refractivity contribution in [3.63, 3.8) is 0 Å². The van der Waals surface area contributed by atoms with Crippen molar-refractivity contribution in [1.29, 1.82) is 0 Å². The molecule has 0 N–H and O–H groups in total. The van der Waals surface area contributed by atoms with Crippen LogP contribution in [0.25, 0.3) is 0 Å². The van der Waals surface area contributed by atoms with Gasteiger partial charge in [-0.1, -0.05) is 0 Å². The predicted octanol–water partition coefficient (Wildman–Crippen LogP) is 1.56. The molecule has 5 heteroatoms. The maximum atomic E-state index is 4.55. The van der Waals surface area contributed by atoms with Crippen LogP contribution in [0.1, 0.15) is 24.1 Å². The molecule has 3 aliphatic heterocycles. The number of aryl methyl sites for hydroxylation is 1. The van der Waals surface area contributed by atoms with Gasteiger partial charge in [0.1, 0.15) is 12.1 Å². The molecule has 4 rings (SSSR count). The van der Waals surface area contributed by atoms with E-state index in [1.54, 1.807) is 6.33 Å². The minimum absolute atomic E-state index is 0.822. The lowest BCUT2D eigenvalue weighted by Crippen LogP contribution is -2.35. The average Bonchev–Trinajstić information content (AvgIpc) is 3.23. The van der Waals surface area contributed by atoms with Crippen molar-refractivity contribution in [2.45, 2.75) is 26.7 Å². The fourth-order valence-corrected chi connectivity index (χ4v) is 4.58.